The summed E-state index contributed by atoms with van der Waals surface area (Å²) in [5.74, 6) is 0.851. The molecule has 0 radical (unpaired) electrons. The maximum absolute atomic E-state index is 6.19. The molecule has 2 heterocycles. The molecule has 100 valence electrons. The Bertz CT molecular complexity index is 703. The van der Waals surface area contributed by atoms with Crippen LogP contribution in [0.4, 0.5) is 0 Å². The molecule has 3 aromatic rings. The van der Waals surface area contributed by atoms with Crippen molar-refractivity contribution in [1.29, 1.82) is 0 Å². The highest BCUT2D eigenvalue weighted by molar-refractivity contribution is 6.39. The number of hydrogen-bond donors (Lipinski definition) is 1. The van der Waals surface area contributed by atoms with Crippen LogP contribution in [-0.2, 0) is 6.42 Å². The van der Waals surface area contributed by atoms with Crippen molar-refractivity contribution in [3.63, 3.8) is 0 Å². The first kappa shape index (κ1) is 13.2. The van der Waals surface area contributed by atoms with Crippen molar-refractivity contribution in [2.24, 2.45) is 0 Å². The van der Waals surface area contributed by atoms with Crippen LogP contribution in [0.1, 0.15) is 11.4 Å². The molecule has 0 aliphatic heterocycles. The monoisotopic (exact) mass is 303 g/mol. The number of pyridine rings is 1. The molecule has 0 bridgehead atoms. The first-order chi connectivity index (χ1) is 9.74. The number of H-pyrrole nitrogens is 1. The lowest BCUT2D eigenvalue weighted by Crippen LogP contribution is -1.91. The van der Waals surface area contributed by atoms with E-state index in [0.29, 0.717) is 16.5 Å². The van der Waals surface area contributed by atoms with Gasteiger partial charge < -0.3 is 4.98 Å². The van der Waals surface area contributed by atoms with Crippen LogP contribution in [0.3, 0.4) is 0 Å². The molecule has 2 aromatic heterocycles. The zero-order valence-electron chi connectivity index (χ0n) is 10.5. The van der Waals surface area contributed by atoms with Gasteiger partial charge in [-0.2, -0.15) is 0 Å². The summed E-state index contributed by atoms with van der Waals surface area (Å²) in [6, 6.07) is 9.36. The minimum absolute atomic E-state index is 0.606. The fourth-order valence-corrected chi connectivity index (χ4v) is 2.63. The van der Waals surface area contributed by atoms with Crippen molar-refractivity contribution in [2.75, 3.05) is 0 Å². The van der Waals surface area contributed by atoms with Crippen LogP contribution < -0.4 is 0 Å². The van der Waals surface area contributed by atoms with Crippen LogP contribution in [0.15, 0.2) is 48.9 Å². The predicted molar refractivity (Wildman–Crippen MR) is 81.1 cm³/mol. The Morgan fingerprint density at radius 1 is 1.00 bits per heavy atom. The third-order valence-corrected chi connectivity index (χ3v) is 3.58. The highest BCUT2D eigenvalue weighted by Gasteiger charge is 2.11. The van der Waals surface area contributed by atoms with E-state index in [-0.39, 0.29) is 0 Å². The molecule has 1 N–H and O–H groups in total. The Labute approximate surface area is 126 Å². The summed E-state index contributed by atoms with van der Waals surface area (Å²) >= 11 is 12.4. The largest absolute Gasteiger partial charge is 0.342 e. The van der Waals surface area contributed by atoms with E-state index in [1.165, 1.54) is 0 Å². The summed E-state index contributed by atoms with van der Waals surface area (Å²) < 4.78 is 0. The van der Waals surface area contributed by atoms with E-state index >= 15 is 0 Å². The molecule has 0 atom stereocenters. The summed E-state index contributed by atoms with van der Waals surface area (Å²) in [5, 5.41) is 1.21. The summed E-state index contributed by atoms with van der Waals surface area (Å²) in [7, 11) is 0. The second-order valence-corrected chi connectivity index (χ2v) is 5.19. The average Bonchev–Trinajstić information content (AvgIpc) is 2.88. The molecule has 5 heteroatoms. The predicted octanol–water partition coefficient (Wildman–Crippen LogP) is 4.37. The molecule has 0 saturated heterocycles. The quantitative estimate of drug-likeness (QED) is 0.780. The minimum atomic E-state index is 0.606. The minimum Gasteiger partial charge on any atom is -0.342 e. The Morgan fingerprint density at radius 2 is 1.80 bits per heavy atom. The molecule has 0 amide bonds. The van der Waals surface area contributed by atoms with Gasteiger partial charge in [-0.05, 0) is 23.8 Å². The van der Waals surface area contributed by atoms with Gasteiger partial charge in [0.15, 0.2) is 0 Å². The van der Waals surface area contributed by atoms with E-state index in [1.807, 2.05) is 36.5 Å². The maximum Gasteiger partial charge on any atom is 0.110 e. The van der Waals surface area contributed by atoms with E-state index in [1.54, 1.807) is 12.4 Å². The fraction of sp³-hybridized carbons (Fsp3) is 0.0667. The van der Waals surface area contributed by atoms with Gasteiger partial charge in [0.25, 0.3) is 0 Å². The summed E-state index contributed by atoms with van der Waals surface area (Å²) in [4.78, 5) is 11.7. The number of imidazole rings is 1. The van der Waals surface area contributed by atoms with Gasteiger partial charge in [0.05, 0.1) is 21.9 Å². The van der Waals surface area contributed by atoms with Crippen LogP contribution in [0.5, 0.6) is 0 Å². The zero-order valence-corrected chi connectivity index (χ0v) is 12.0. The average molecular weight is 304 g/mol. The number of rotatable bonds is 3. The van der Waals surface area contributed by atoms with E-state index < -0.39 is 0 Å². The molecule has 1 aromatic carbocycles. The van der Waals surface area contributed by atoms with Gasteiger partial charge in [-0.1, -0.05) is 35.3 Å². The van der Waals surface area contributed by atoms with Crippen LogP contribution in [0.2, 0.25) is 10.0 Å². The molecular weight excluding hydrogens is 293 g/mol. The molecule has 3 rings (SSSR count). The smallest absolute Gasteiger partial charge is 0.110 e. The summed E-state index contributed by atoms with van der Waals surface area (Å²) in [5.41, 5.74) is 2.69. The van der Waals surface area contributed by atoms with Crippen molar-refractivity contribution >= 4 is 23.2 Å². The molecule has 0 spiro atoms. The lowest BCUT2D eigenvalue weighted by molar-refractivity contribution is 1.01. The molecule has 0 aliphatic carbocycles. The van der Waals surface area contributed by atoms with E-state index in [4.69, 9.17) is 23.2 Å². The fourth-order valence-electron chi connectivity index (χ4n) is 2.03. The lowest BCUT2D eigenvalue weighted by Gasteiger charge is -2.03. The molecule has 0 saturated carbocycles. The number of aromatic nitrogens is 3. The summed E-state index contributed by atoms with van der Waals surface area (Å²) in [6.07, 6.45) is 6.01. The second kappa shape index (κ2) is 5.65. The normalized spacial score (nSPS) is 10.7. The second-order valence-electron chi connectivity index (χ2n) is 4.38. The van der Waals surface area contributed by atoms with Crippen molar-refractivity contribution < 1.29 is 0 Å². The number of benzene rings is 1. The van der Waals surface area contributed by atoms with Gasteiger partial charge in [0, 0.05) is 24.4 Å². The third-order valence-electron chi connectivity index (χ3n) is 2.95. The molecule has 0 aliphatic rings. The van der Waals surface area contributed by atoms with Crippen molar-refractivity contribution in [2.45, 2.75) is 6.42 Å². The van der Waals surface area contributed by atoms with Gasteiger partial charge in [0.1, 0.15) is 5.82 Å². The Morgan fingerprint density at radius 3 is 2.50 bits per heavy atom. The van der Waals surface area contributed by atoms with Gasteiger partial charge in [-0.3, -0.25) is 4.98 Å². The molecule has 3 nitrogen and oxygen atoms in total. The topological polar surface area (TPSA) is 41.6 Å². The first-order valence-electron chi connectivity index (χ1n) is 6.11. The number of nitrogens with one attached hydrogen (secondary N) is 1. The van der Waals surface area contributed by atoms with E-state index in [0.717, 1.165) is 22.6 Å². The van der Waals surface area contributed by atoms with Crippen molar-refractivity contribution in [3.8, 4) is 11.3 Å². The maximum atomic E-state index is 6.19. The molecule has 0 fully saturated rings. The van der Waals surface area contributed by atoms with Gasteiger partial charge in [-0.25, -0.2) is 4.98 Å². The molecule has 20 heavy (non-hydrogen) atoms. The van der Waals surface area contributed by atoms with Crippen LogP contribution in [-0.4, -0.2) is 15.0 Å². The van der Waals surface area contributed by atoms with E-state index in [9.17, 15) is 0 Å². The van der Waals surface area contributed by atoms with Gasteiger partial charge in [0.2, 0.25) is 0 Å². The number of nitrogens with zero attached hydrogens (tertiary/aromatic N) is 2. The van der Waals surface area contributed by atoms with Crippen molar-refractivity contribution in [3.05, 3.63) is 70.4 Å². The highest BCUT2D eigenvalue weighted by Crippen LogP contribution is 2.33. The first-order valence-corrected chi connectivity index (χ1v) is 6.87. The Kier molecular flexibility index (Phi) is 3.72. The lowest BCUT2D eigenvalue weighted by atomic mass is 10.1. The SMILES string of the molecule is Clc1cccc(Cl)c1-c1cnc(Cc2cccnc2)[nH]1. The molecular formula is C15H11Cl2N3. The Balaban J connectivity index is 1.91. The van der Waals surface area contributed by atoms with Crippen LogP contribution >= 0.6 is 23.2 Å². The highest BCUT2D eigenvalue weighted by atomic mass is 35.5. The van der Waals surface area contributed by atoms with Gasteiger partial charge in [-0.15, -0.1) is 0 Å². The summed E-state index contributed by atoms with van der Waals surface area (Å²) in [6.45, 7) is 0. The third kappa shape index (κ3) is 2.69. The van der Waals surface area contributed by atoms with Crippen LogP contribution in [0, 0.1) is 0 Å². The van der Waals surface area contributed by atoms with Gasteiger partial charge >= 0.3 is 0 Å². The van der Waals surface area contributed by atoms with Crippen LogP contribution in [0.25, 0.3) is 11.3 Å². The number of halogens is 2. The van der Waals surface area contributed by atoms with Crippen molar-refractivity contribution in [1.82, 2.24) is 15.0 Å². The standard InChI is InChI=1S/C15H11Cl2N3/c16-11-4-1-5-12(17)15(11)13-9-19-14(20-13)7-10-3-2-6-18-8-10/h1-6,8-9H,7H2,(H,19,20). The zero-order chi connectivity index (χ0) is 13.9. The number of hydrogen-bond acceptors (Lipinski definition) is 2. The van der Waals surface area contributed by atoms with E-state index in [2.05, 4.69) is 15.0 Å². The number of aromatic amines is 1. The Hall–Kier alpha value is -1.84. The molecule has 0 unspecified atom stereocenters.